The number of nitrogens with zero attached hydrogens (tertiary/aromatic N) is 3. The molecular formula is C22H15N3OS. The first-order valence-electron chi connectivity index (χ1n) is 8.65. The molecule has 4 aromatic rings. The third-order valence-electron chi connectivity index (χ3n) is 4.66. The van der Waals surface area contributed by atoms with Crippen molar-refractivity contribution in [2.24, 2.45) is 0 Å². The Balaban J connectivity index is 1.85. The first-order valence-corrected chi connectivity index (χ1v) is 9.46. The fraction of sp³-hybridized carbons (Fsp3) is 0.0455. The van der Waals surface area contributed by atoms with Gasteiger partial charge in [0, 0.05) is 36.0 Å². The summed E-state index contributed by atoms with van der Waals surface area (Å²) in [5.41, 5.74) is 5.70. The highest BCUT2D eigenvalue weighted by atomic mass is 32.1. The SMILES string of the molecule is CC(=O)N1c2ccccc2-c2nc(-c3ccncc3)sc2-c2ccccc21. The largest absolute Gasteiger partial charge is 0.280 e. The summed E-state index contributed by atoms with van der Waals surface area (Å²) < 4.78 is 0. The summed E-state index contributed by atoms with van der Waals surface area (Å²) in [5.74, 6) is -0.0144. The number of benzene rings is 2. The zero-order valence-electron chi connectivity index (χ0n) is 14.6. The Labute approximate surface area is 160 Å². The predicted octanol–water partition coefficient (Wildman–Crippen LogP) is 5.54. The van der Waals surface area contributed by atoms with E-state index in [1.54, 1.807) is 35.6 Å². The van der Waals surface area contributed by atoms with Gasteiger partial charge >= 0.3 is 0 Å². The lowest BCUT2D eigenvalue weighted by Gasteiger charge is -2.23. The molecule has 2 aromatic carbocycles. The third-order valence-corrected chi connectivity index (χ3v) is 5.80. The lowest BCUT2D eigenvalue weighted by Crippen LogP contribution is -2.23. The molecule has 1 amide bonds. The van der Waals surface area contributed by atoms with Crippen molar-refractivity contribution >= 4 is 28.6 Å². The molecule has 5 heteroatoms. The van der Waals surface area contributed by atoms with Crippen LogP contribution in [0.5, 0.6) is 0 Å². The van der Waals surface area contributed by atoms with Gasteiger partial charge in [-0.3, -0.25) is 14.7 Å². The molecule has 0 saturated heterocycles. The second-order valence-electron chi connectivity index (χ2n) is 6.32. The van der Waals surface area contributed by atoms with E-state index >= 15 is 0 Å². The summed E-state index contributed by atoms with van der Waals surface area (Å²) in [7, 11) is 0. The molecule has 0 N–H and O–H groups in total. The van der Waals surface area contributed by atoms with Gasteiger partial charge in [0.1, 0.15) is 5.01 Å². The Morgan fingerprint density at radius 3 is 2.22 bits per heavy atom. The van der Waals surface area contributed by atoms with Crippen molar-refractivity contribution in [1.29, 1.82) is 0 Å². The average Bonchev–Trinajstić information content (AvgIpc) is 3.10. The number of pyridine rings is 1. The zero-order valence-corrected chi connectivity index (χ0v) is 15.4. The molecule has 130 valence electrons. The number of hydrogen-bond acceptors (Lipinski definition) is 4. The molecule has 0 atom stereocenters. The molecule has 0 bridgehead atoms. The van der Waals surface area contributed by atoms with E-state index in [0.717, 1.165) is 43.6 Å². The van der Waals surface area contributed by atoms with Gasteiger partial charge in [0.25, 0.3) is 0 Å². The Kier molecular flexibility index (Phi) is 3.62. The average molecular weight is 369 g/mol. The standard InChI is InChI=1S/C22H15N3OS/c1-14(26)25-18-8-4-2-6-16(18)20-21(17-7-3-5-9-19(17)25)27-22(24-20)15-10-12-23-13-11-15/h2-13H,1H3. The summed E-state index contributed by atoms with van der Waals surface area (Å²) in [5, 5.41) is 0.947. The number of carbonyl (C=O) groups excluding carboxylic acids is 1. The van der Waals surface area contributed by atoms with Crippen LogP contribution in [0.1, 0.15) is 6.92 Å². The van der Waals surface area contributed by atoms with Crippen molar-refractivity contribution in [2.45, 2.75) is 6.92 Å². The summed E-state index contributed by atoms with van der Waals surface area (Å²) in [4.78, 5) is 24.5. The van der Waals surface area contributed by atoms with Gasteiger partial charge in [-0.15, -0.1) is 11.3 Å². The minimum Gasteiger partial charge on any atom is -0.280 e. The van der Waals surface area contributed by atoms with E-state index in [2.05, 4.69) is 11.1 Å². The van der Waals surface area contributed by atoms with E-state index < -0.39 is 0 Å². The maximum absolute atomic E-state index is 12.5. The number of thiazole rings is 1. The predicted molar refractivity (Wildman–Crippen MR) is 109 cm³/mol. The number of amides is 1. The Hall–Kier alpha value is -3.31. The molecule has 0 saturated carbocycles. The molecule has 3 heterocycles. The number of anilines is 2. The smallest absolute Gasteiger partial charge is 0.228 e. The van der Waals surface area contributed by atoms with Crippen molar-refractivity contribution in [3.05, 3.63) is 73.1 Å². The molecule has 5 rings (SSSR count). The fourth-order valence-electron chi connectivity index (χ4n) is 3.50. The summed E-state index contributed by atoms with van der Waals surface area (Å²) >= 11 is 1.64. The van der Waals surface area contributed by atoms with Crippen molar-refractivity contribution in [3.63, 3.8) is 0 Å². The van der Waals surface area contributed by atoms with Crippen LogP contribution in [-0.2, 0) is 4.79 Å². The van der Waals surface area contributed by atoms with Crippen LogP contribution in [0.2, 0.25) is 0 Å². The number of aromatic nitrogens is 2. The first kappa shape index (κ1) is 15.9. The first-order chi connectivity index (χ1) is 13.2. The lowest BCUT2D eigenvalue weighted by molar-refractivity contribution is -0.115. The highest BCUT2D eigenvalue weighted by molar-refractivity contribution is 7.19. The van der Waals surface area contributed by atoms with Gasteiger partial charge in [-0.25, -0.2) is 4.98 Å². The number of carbonyl (C=O) groups is 1. The van der Waals surface area contributed by atoms with Gasteiger partial charge in [-0.1, -0.05) is 36.4 Å². The second kappa shape index (κ2) is 6.14. The highest BCUT2D eigenvalue weighted by Crippen LogP contribution is 2.50. The Bertz CT molecular complexity index is 1100. The number of hydrogen-bond donors (Lipinski definition) is 0. The van der Waals surface area contributed by atoms with Gasteiger partial charge in [0.05, 0.1) is 21.9 Å². The fourth-order valence-corrected chi connectivity index (χ4v) is 4.62. The van der Waals surface area contributed by atoms with Crippen molar-refractivity contribution in [1.82, 2.24) is 9.97 Å². The number of rotatable bonds is 1. The molecule has 0 unspecified atom stereocenters. The molecule has 0 spiro atoms. The summed E-state index contributed by atoms with van der Waals surface area (Å²) in [6.45, 7) is 1.60. The van der Waals surface area contributed by atoms with Gasteiger partial charge < -0.3 is 0 Å². The van der Waals surface area contributed by atoms with Crippen LogP contribution in [0, 0.1) is 0 Å². The molecule has 27 heavy (non-hydrogen) atoms. The molecule has 1 aliphatic heterocycles. The monoisotopic (exact) mass is 369 g/mol. The normalized spacial score (nSPS) is 12.0. The molecule has 0 radical (unpaired) electrons. The molecule has 0 fully saturated rings. The minimum atomic E-state index is -0.0144. The third kappa shape index (κ3) is 2.47. The Morgan fingerprint density at radius 1 is 0.889 bits per heavy atom. The maximum Gasteiger partial charge on any atom is 0.228 e. The lowest BCUT2D eigenvalue weighted by atomic mass is 10.1. The number of para-hydroxylation sites is 2. The van der Waals surface area contributed by atoms with Gasteiger partial charge in [0.15, 0.2) is 0 Å². The van der Waals surface area contributed by atoms with E-state index in [1.165, 1.54) is 0 Å². The minimum absolute atomic E-state index is 0.0144. The van der Waals surface area contributed by atoms with Crippen LogP contribution in [0.25, 0.3) is 32.3 Å². The topological polar surface area (TPSA) is 46.1 Å². The molecule has 0 aliphatic carbocycles. The van der Waals surface area contributed by atoms with Gasteiger partial charge in [-0.2, -0.15) is 0 Å². The van der Waals surface area contributed by atoms with Crippen molar-refractivity contribution in [2.75, 3.05) is 4.90 Å². The van der Waals surface area contributed by atoms with Gasteiger partial charge in [0.2, 0.25) is 5.91 Å². The van der Waals surface area contributed by atoms with Crippen LogP contribution in [-0.4, -0.2) is 15.9 Å². The highest BCUT2D eigenvalue weighted by Gasteiger charge is 2.29. The number of fused-ring (bicyclic) bond motifs is 5. The maximum atomic E-state index is 12.5. The molecule has 1 aliphatic rings. The van der Waals surface area contributed by atoms with Crippen LogP contribution < -0.4 is 4.90 Å². The Morgan fingerprint density at radius 2 is 1.52 bits per heavy atom. The van der Waals surface area contributed by atoms with E-state index in [-0.39, 0.29) is 5.91 Å². The van der Waals surface area contributed by atoms with E-state index in [0.29, 0.717) is 0 Å². The van der Waals surface area contributed by atoms with E-state index in [1.807, 2.05) is 54.6 Å². The molecule has 2 aromatic heterocycles. The molecular weight excluding hydrogens is 354 g/mol. The van der Waals surface area contributed by atoms with Crippen LogP contribution in [0.15, 0.2) is 73.1 Å². The zero-order chi connectivity index (χ0) is 18.4. The second-order valence-corrected chi connectivity index (χ2v) is 7.32. The van der Waals surface area contributed by atoms with E-state index in [4.69, 9.17) is 4.98 Å². The van der Waals surface area contributed by atoms with E-state index in [9.17, 15) is 4.79 Å². The molecule has 4 nitrogen and oxygen atoms in total. The van der Waals surface area contributed by atoms with Crippen molar-refractivity contribution < 1.29 is 4.79 Å². The van der Waals surface area contributed by atoms with Crippen LogP contribution in [0.3, 0.4) is 0 Å². The quantitative estimate of drug-likeness (QED) is 0.443. The van der Waals surface area contributed by atoms with Gasteiger partial charge in [-0.05, 0) is 24.3 Å². The summed E-state index contributed by atoms with van der Waals surface area (Å²) in [6.07, 6.45) is 3.56. The summed E-state index contributed by atoms with van der Waals surface area (Å²) in [6, 6.07) is 19.9. The van der Waals surface area contributed by atoms with Crippen LogP contribution >= 0.6 is 11.3 Å². The van der Waals surface area contributed by atoms with Crippen LogP contribution in [0.4, 0.5) is 11.4 Å². The van der Waals surface area contributed by atoms with Crippen molar-refractivity contribution in [3.8, 4) is 32.3 Å².